The highest BCUT2D eigenvalue weighted by Crippen LogP contribution is 2.30. The standard InChI is InChI=1S/C17H17ClN4/c18-14-6-2-4-8-16(14)22-15-7-3-1-5-13(15)17(20-22)21-11-9-19-10-12-21/h1-8,19H,9-12H2. The quantitative estimate of drug-likeness (QED) is 0.789. The van der Waals surface area contributed by atoms with Gasteiger partial charge in [-0.3, -0.25) is 0 Å². The zero-order chi connectivity index (χ0) is 14.9. The molecule has 0 radical (unpaired) electrons. The molecule has 22 heavy (non-hydrogen) atoms. The Morgan fingerprint density at radius 1 is 0.955 bits per heavy atom. The van der Waals surface area contributed by atoms with E-state index in [0.29, 0.717) is 5.02 Å². The molecular formula is C17H17ClN4. The van der Waals surface area contributed by atoms with Crippen molar-refractivity contribution in [1.82, 2.24) is 15.1 Å². The molecule has 1 N–H and O–H groups in total. The van der Waals surface area contributed by atoms with Crippen LogP contribution in [0.15, 0.2) is 48.5 Å². The maximum atomic E-state index is 6.37. The molecular weight excluding hydrogens is 296 g/mol. The smallest absolute Gasteiger partial charge is 0.159 e. The Bertz CT molecular complexity index is 805. The Kier molecular flexibility index (Phi) is 3.48. The van der Waals surface area contributed by atoms with Gasteiger partial charge >= 0.3 is 0 Å². The molecule has 4 rings (SSSR count). The SMILES string of the molecule is Clc1ccccc1-n1nc(N2CCNCC2)c2ccccc21. The van der Waals surface area contributed by atoms with Crippen LogP contribution in [0.3, 0.4) is 0 Å². The van der Waals surface area contributed by atoms with E-state index >= 15 is 0 Å². The van der Waals surface area contributed by atoms with E-state index < -0.39 is 0 Å². The normalized spacial score (nSPS) is 15.4. The molecule has 5 heteroatoms. The molecule has 4 nitrogen and oxygen atoms in total. The number of benzene rings is 2. The van der Waals surface area contributed by atoms with Gasteiger partial charge in [-0.05, 0) is 24.3 Å². The van der Waals surface area contributed by atoms with Crippen molar-refractivity contribution in [3.05, 3.63) is 53.6 Å². The van der Waals surface area contributed by atoms with Gasteiger partial charge < -0.3 is 10.2 Å². The highest BCUT2D eigenvalue weighted by molar-refractivity contribution is 6.32. The molecule has 3 aromatic rings. The second kappa shape index (κ2) is 5.63. The largest absolute Gasteiger partial charge is 0.352 e. The third-order valence-electron chi connectivity index (χ3n) is 4.07. The minimum Gasteiger partial charge on any atom is -0.352 e. The molecule has 0 saturated carbocycles. The monoisotopic (exact) mass is 312 g/mol. The lowest BCUT2D eigenvalue weighted by Crippen LogP contribution is -2.43. The molecule has 1 aromatic heterocycles. The summed E-state index contributed by atoms with van der Waals surface area (Å²) in [5.74, 6) is 1.04. The number of fused-ring (bicyclic) bond motifs is 1. The fourth-order valence-electron chi connectivity index (χ4n) is 2.97. The number of piperazine rings is 1. The van der Waals surface area contributed by atoms with E-state index in [-0.39, 0.29) is 0 Å². The summed E-state index contributed by atoms with van der Waals surface area (Å²) >= 11 is 6.37. The Hall–Kier alpha value is -2.04. The van der Waals surface area contributed by atoms with Gasteiger partial charge in [0.15, 0.2) is 5.82 Å². The molecule has 1 fully saturated rings. The highest BCUT2D eigenvalue weighted by Gasteiger charge is 2.19. The van der Waals surface area contributed by atoms with Crippen LogP contribution >= 0.6 is 11.6 Å². The predicted octanol–water partition coefficient (Wildman–Crippen LogP) is 3.09. The first kappa shape index (κ1) is 13.6. The third-order valence-corrected chi connectivity index (χ3v) is 4.38. The van der Waals surface area contributed by atoms with Gasteiger partial charge in [0.05, 0.1) is 16.2 Å². The van der Waals surface area contributed by atoms with Crippen molar-refractivity contribution in [2.24, 2.45) is 0 Å². The van der Waals surface area contributed by atoms with Gasteiger partial charge in [0.25, 0.3) is 0 Å². The molecule has 0 unspecified atom stereocenters. The average molecular weight is 313 g/mol. The van der Waals surface area contributed by atoms with E-state index in [2.05, 4.69) is 28.4 Å². The van der Waals surface area contributed by atoms with E-state index in [1.165, 1.54) is 5.39 Å². The van der Waals surface area contributed by atoms with Crippen molar-refractivity contribution in [3.63, 3.8) is 0 Å². The highest BCUT2D eigenvalue weighted by atomic mass is 35.5. The molecule has 0 bridgehead atoms. The Morgan fingerprint density at radius 3 is 2.50 bits per heavy atom. The van der Waals surface area contributed by atoms with Gasteiger partial charge in [0, 0.05) is 31.6 Å². The maximum Gasteiger partial charge on any atom is 0.159 e. The maximum absolute atomic E-state index is 6.37. The second-order valence-electron chi connectivity index (χ2n) is 5.44. The van der Waals surface area contributed by atoms with E-state index in [1.807, 2.05) is 35.0 Å². The van der Waals surface area contributed by atoms with E-state index in [9.17, 15) is 0 Å². The summed E-state index contributed by atoms with van der Waals surface area (Å²) < 4.78 is 1.95. The van der Waals surface area contributed by atoms with Crippen molar-refractivity contribution in [3.8, 4) is 5.69 Å². The van der Waals surface area contributed by atoms with Gasteiger partial charge in [-0.25, -0.2) is 4.68 Å². The summed E-state index contributed by atoms with van der Waals surface area (Å²) in [7, 11) is 0. The van der Waals surface area contributed by atoms with Crippen LogP contribution in [-0.4, -0.2) is 36.0 Å². The molecule has 2 heterocycles. The molecule has 112 valence electrons. The summed E-state index contributed by atoms with van der Waals surface area (Å²) in [5, 5.41) is 10.1. The van der Waals surface area contributed by atoms with Crippen molar-refractivity contribution in [2.75, 3.05) is 31.1 Å². The molecule has 2 aromatic carbocycles. The number of aromatic nitrogens is 2. The summed E-state index contributed by atoms with van der Waals surface area (Å²) in [6.45, 7) is 3.94. The number of nitrogens with one attached hydrogen (secondary N) is 1. The van der Waals surface area contributed by atoms with Crippen LogP contribution < -0.4 is 10.2 Å². The minimum absolute atomic E-state index is 0.711. The molecule has 0 aliphatic carbocycles. The molecule has 1 aliphatic heterocycles. The summed E-state index contributed by atoms with van der Waals surface area (Å²) in [6, 6.07) is 16.2. The van der Waals surface area contributed by atoms with Crippen molar-refractivity contribution in [1.29, 1.82) is 0 Å². The van der Waals surface area contributed by atoms with Gasteiger partial charge in [-0.2, -0.15) is 0 Å². The van der Waals surface area contributed by atoms with Gasteiger partial charge in [0.2, 0.25) is 0 Å². The molecule has 0 spiro atoms. The molecule has 0 atom stereocenters. The number of hydrogen-bond donors (Lipinski definition) is 1. The Morgan fingerprint density at radius 2 is 1.68 bits per heavy atom. The number of nitrogens with zero attached hydrogens (tertiary/aromatic N) is 3. The third kappa shape index (κ3) is 2.25. The van der Waals surface area contributed by atoms with Crippen LogP contribution in [0.25, 0.3) is 16.6 Å². The topological polar surface area (TPSA) is 33.1 Å². The number of anilines is 1. The van der Waals surface area contributed by atoms with Gasteiger partial charge in [0.1, 0.15) is 0 Å². The summed E-state index contributed by atoms with van der Waals surface area (Å²) in [6.07, 6.45) is 0. The lowest BCUT2D eigenvalue weighted by molar-refractivity contribution is 0.584. The first-order valence-corrected chi connectivity index (χ1v) is 7.91. The van der Waals surface area contributed by atoms with Crippen LogP contribution in [0.4, 0.5) is 5.82 Å². The van der Waals surface area contributed by atoms with Crippen LogP contribution in [0, 0.1) is 0 Å². The summed E-state index contributed by atoms with van der Waals surface area (Å²) in [4.78, 5) is 2.34. The first-order valence-electron chi connectivity index (χ1n) is 7.53. The van der Waals surface area contributed by atoms with E-state index in [4.69, 9.17) is 16.7 Å². The fourth-order valence-corrected chi connectivity index (χ4v) is 3.18. The minimum atomic E-state index is 0.711. The number of hydrogen-bond acceptors (Lipinski definition) is 3. The van der Waals surface area contributed by atoms with Gasteiger partial charge in [-0.1, -0.05) is 35.9 Å². The molecule has 1 saturated heterocycles. The lowest BCUT2D eigenvalue weighted by Gasteiger charge is -2.27. The van der Waals surface area contributed by atoms with E-state index in [1.54, 1.807) is 0 Å². The Balaban J connectivity index is 1.91. The zero-order valence-electron chi connectivity index (χ0n) is 12.2. The summed E-state index contributed by atoms with van der Waals surface area (Å²) in [5.41, 5.74) is 2.01. The van der Waals surface area contributed by atoms with Crippen molar-refractivity contribution >= 4 is 28.3 Å². The van der Waals surface area contributed by atoms with Crippen LogP contribution in [0.1, 0.15) is 0 Å². The number of para-hydroxylation sites is 2. The number of rotatable bonds is 2. The Labute approximate surface area is 134 Å². The van der Waals surface area contributed by atoms with Crippen LogP contribution in [-0.2, 0) is 0 Å². The van der Waals surface area contributed by atoms with Crippen LogP contribution in [0.5, 0.6) is 0 Å². The van der Waals surface area contributed by atoms with Gasteiger partial charge in [-0.15, -0.1) is 5.10 Å². The predicted molar refractivity (Wildman–Crippen MR) is 91.2 cm³/mol. The average Bonchev–Trinajstić information content (AvgIpc) is 2.96. The molecule has 1 aliphatic rings. The zero-order valence-corrected chi connectivity index (χ0v) is 12.9. The number of halogens is 1. The van der Waals surface area contributed by atoms with Crippen LogP contribution in [0.2, 0.25) is 5.02 Å². The fraction of sp³-hybridized carbons (Fsp3) is 0.235. The van der Waals surface area contributed by atoms with Crippen molar-refractivity contribution in [2.45, 2.75) is 0 Å². The first-order chi connectivity index (χ1) is 10.8. The lowest BCUT2D eigenvalue weighted by atomic mass is 10.2. The molecule has 0 amide bonds. The van der Waals surface area contributed by atoms with Crippen molar-refractivity contribution < 1.29 is 0 Å². The van der Waals surface area contributed by atoms with E-state index in [0.717, 1.165) is 43.2 Å². The second-order valence-corrected chi connectivity index (χ2v) is 5.85.